The molecule has 6 heteroatoms. The van der Waals surface area contributed by atoms with E-state index in [1.165, 1.54) is 0 Å². The monoisotopic (exact) mass is 251 g/mol. The van der Waals surface area contributed by atoms with Gasteiger partial charge in [-0.2, -0.15) is 0 Å². The molecule has 0 spiro atoms. The lowest BCUT2D eigenvalue weighted by Crippen LogP contribution is -2.13. The van der Waals surface area contributed by atoms with Crippen LogP contribution in [0.15, 0.2) is 24.5 Å². The lowest BCUT2D eigenvalue weighted by atomic mass is 10.2. The molecule has 2 aromatic rings. The lowest BCUT2D eigenvalue weighted by Gasteiger charge is -2.17. The van der Waals surface area contributed by atoms with Crippen molar-refractivity contribution >= 4 is 23.0 Å². The summed E-state index contributed by atoms with van der Waals surface area (Å²) in [5.41, 5.74) is 7.22. The van der Waals surface area contributed by atoms with Gasteiger partial charge in [-0.15, -0.1) is 10.2 Å². The number of benzene rings is 1. The molecule has 0 fully saturated rings. The van der Waals surface area contributed by atoms with E-state index in [1.807, 2.05) is 24.6 Å². The number of hydrogen-bond acceptors (Lipinski definition) is 4. The number of anilines is 2. The normalized spacial score (nSPS) is 12.4. The first-order chi connectivity index (χ1) is 8.09. The molecule has 0 amide bonds. The first-order valence-corrected chi connectivity index (χ1v) is 5.62. The Balaban J connectivity index is 2.25. The van der Waals surface area contributed by atoms with Gasteiger partial charge in [0.1, 0.15) is 6.33 Å². The van der Waals surface area contributed by atoms with Gasteiger partial charge in [0.25, 0.3) is 0 Å². The fraction of sp³-hybridized carbons (Fsp3) is 0.273. The fourth-order valence-electron chi connectivity index (χ4n) is 1.66. The van der Waals surface area contributed by atoms with Crippen LogP contribution in [0, 0.1) is 0 Å². The molecule has 0 saturated heterocycles. The van der Waals surface area contributed by atoms with Crippen molar-refractivity contribution < 1.29 is 0 Å². The summed E-state index contributed by atoms with van der Waals surface area (Å²) in [6.45, 7) is 1.98. The molecule has 5 nitrogen and oxygen atoms in total. The fourth-order valence-corrected chi connectivity index (χ4v) is 1.89. The zero-order chi connectivity index (χ0) is 12.4. The standard InChI is InChI=1S/C11H14ClN5/c1-7(11-16-14-6-17(11)2)15-10-8(12)4-3-5-9(10)13/h3-7,15H,13H2,1-2H3. The van der Waals surface area contributed by atoms with Gasteiger partial charge in [-0.1, -0.05) is 17.7 Å². The molecule has 1 unspecified atom stereocenters. The Labute approximate surface area is 105 Å². The van der Waals surface area contributed by atoms with Crippen LogP contribution in [0.3, 0.4) is 0 Å². The van der Waals surface area contributed by atoms with Crippen molar-refractivity contribution in [2.45, 2.75) is 13.0 Å². The predicted molar refractivity (Wildman–Crippen MR) is 68.9 cm³/mol. The molecule has 17 heavy (non-hydrogen) atoms. The minimum atomic E-state index is -0.0234. The number of nitrogens with one attached hydrogen (secondary N) is 1. The molecule has 0 aliphatic heterocycles. The van der Waals surface area contributed by atoms with E-state index in [9.17, 15) is 0 Å². The first-order valence-electron chi connectivity index (χ1n) is 5.24. The maximum absolute atomic E-state index is 6.09. The molecule has 1 heterocycles. The van der Waals surface area contributed by atoms with Gasteiger partial charge in [0.15, 0.2) is 5.82 Å². The topological polar surface area (TPSA) is 68.8 Å². The van der Waals surface area contributed by atoms with E-state index in [-0.39, 0.29) is 6.04 Å². The summed E-state index contributed by atoms with van der Waals surface area (Å²) in [6.07, 6.45) is 1.66. The zero-order valence-corrected chi connectivity index (χ0v) is 10.4. The maximum Gasteiger partial charge on any atom is 0.154 e. The highest BCUT2D eigenvalue weighted by Crippen LogP contribution is 2.30. The third-order valence-electron chi connectivity index (χ3n) is 2.54. The Morgan fingerprint density at radius 3 is 2.82 bits per heavy atom. The summed E-state index contributed by atoms with van der Waals surface area (Å²) in [7, 11) is 1.89. The van der Waals surface area contributed by atoms with Crippen molar-refractivity contribution in [2.24, 2.45) is 7.05 Å². The molecule has 0 aliphatic rings. The smallest absolute Gasteiger partial charge is 0.154 e. The van der Waals surface area contributed by atoms with Crippen LogP contribution < -0.4 is 11.1 Å². The van der Waals surface area contributed by atoms with Crippen molar-refractivity contribution in [3.05, 3.63) is 35.4 Å². The molecule has 90 valence electrons. The van der Waals surface area contributed by atoms with E-state index in [4.69, 9.17) is 17.3 Å². The quantitative estimate of drug-likeness (QED) is 0.821. The van der Waals surface area contributed by atoms with Crippen LogP contribution in [-0.2, 0) is 7.05 Å². The van der Waals surface area contributed by atoms with Crippen LogP contribution in [0.5, 0.6) is 0 Å². The SMILES string of the molecule is CC(Nc1c(N)cccc1Cl)c1nncn1C. The highest BCUT2D eigenvalue weighted by Gasteiger charge is 2.13. The van der Waals surface area contributed by atoms with Crippen LogP contribution >= 0.6 is 11.6 Å². The summed E-state index contributed by atoms with van der Waals surface area (Å²) >= 11 is 6.09. The van der Waals surface area contributed by atoms with E-state index in [0.717, 1.165) is 11.5 Å². The highest BCUT2D eigenvalue weighted by atomic mass is 35.5. The number of hydrogen-bond donors (Lipinski definition) is 2. The molecule has 3 N–H and O–H groups in total. The first kappa shape index (κ1) is 11.7. The van der Waals surface area contributed by atoms with E-state index in [1.54, 1.807) is 18.5 Å². The van der Waals surface area contributed by atoms with E-state index in [0.29, 0.717) is 10.7 Å². The number of aromatic nitrogens is 3. The van der Waals surface area contributed by atoms with Crippen LogP contribution in [0.4, 0.5) is 11.4 Å². The molecular weight excluding hydrogens is 238 g/mol. The summed E-state index contributed by atoms with van der Waals surface area (Å²) in [4.78, 5) is 0. The van der Waals surface area contributed by atoms with Crippen LogP contribution in [0.1, 0.15) is 18.8 Å². The van der Waals surface area contributed by atoms with Gasteiger partial charge in [0.05, 0.1) is 22.4 Å². The average Bonchev–Trinajstić information content (AvgIpc) is 2.70. The third kappa shape index (κ3) is 2.34. The van der Waals surface area contributed by atoms with Crippen LogP contribution in [0.25, 0.3) is 0 Å². The summed E-state index contributed by atoms with van der Waals surface area (Å²) in [5, 5.41) is 11.7. The molecule has 2 rings (SSSR count). The van der Waals surface area contributed by atoms with Gasteiger partial charge in [-0.05, 0) is 19.1 Å². The Morgan fingerprint density at radius 1 is 1.47 bits per heavy atom. The Morgan fingerprint density at radius 2 is 2.24 bits per heavy atom. The molecule has 0 aliphatic carbocycles. The summed E-state index contributed by atoms with van der Waals surface area (Å²) < 4.78 is 1.85. The van der Waals surface area contributed by atoms with Crippen molar-refractivity contribution in [1.29, 1.82) is 0 Å². The predicted octanol–water partition coefficient (Wildman–Crippen LogP) is 2.22. The molecule has 0 bridgehead atoms. The molecule has 0 saturated carbocycles. The molecule has 0 radical (unpaired) electrons. The van der Waals surface area contributed by atoms with Gasteiger partial charge in [0.2, 0.25) is 0 Å². The average molecular weight is 252 g/mol. The number of nitrogens with zero attached hydrogens (tertiary/aromatic N) is 3. The number of halogens is 1. The summed E-state index contributed by atoms with van der Waals surface area (Å²) in [6, 6.07) is 5.39. The third-order valence-corrected chi connectivity index (χ3v) is 2.86. The van der Waals surface area contributed by atoms with E-state index < -0.39 is 0 Å². The second kappa shape index (κ2) is 4.63. The number of nitrogens with two attached hydrogens (primary N) is 1. The highest BCUT2D eigenvalue weighted by molar-refractivity contribution is 6.33. The Bertz CT molecular complexity index is 502. The largest absolute Gasteiger partial charge is 0.397 e. The van der Waals surface area contributed by atoms with Crippen molar-refractivity contribution in [1.82, 2.24) is 14.8 Å². The second-order valence-electron chi connectivity index (χ2n) is 3.87. The van der Waals surface area contributed by atoms with Gasteiger partial charge in [-0.25, -0.2) is 0 Å². The number of nitrogen functional groups attached to an aromatic ring is 1. The van der Waals surface area contributed by atoms with E-state index >= 15 is 0 Å². The van der Waals surface area contributed by atoms with Gasteiger partial charge in [-0.3, -0.25) is 0 Å². The minimum absolute atomic E-state index is 0.0234. The number of aryl methyl sites for hydroxylation is 1. The second-order valence-corrected chi connectivity index (χ2v) is 4.28. The van der Waals surface area contributed by atoms with Gasteiger partial charge < -0.3 is 15.6 Å². The van der Waals surface area contributed by atoms with Crippen LogP contribution in [0.2, 0.25) is 5.02 Å². The van der Waals surface area contributed by atoms with Gasteiger partial charge >= 0.3 is 0 Å². The lowest BCUT2D eigenvalue weighted by molar-refractivity contribution is 0.719. The van der Waals surface area contributed by atoms with Crippen molar-refractivity contribution in [3.8, 4) is 0 Å². The molecule has 1 aromatic carbocycles. The maximum atomic E-state index is 6.09. The number of rotatable bonds is 3. The molecule has 1 atom stereocenters. The van der Waals surface area contributed by atoms with Crippen molar-refractivity contribution in [3.63, 3.8) is 0 Å². The van der Waals surface area contributed by atoms with Gasteiger partial charge in [0, 0.05) is 7.05 Å². The number of para-hydroxylation sites is 1. The minimum Gasteiger partial charge on any atom is -0.397 e. The molecular formula is C11H14ClN5. The van der Waals surface area contributed by atoms with Crippen LogP contribution in [-0.4, -0.2) is 14.8 Å². The summed E-state index contributed by atoms with van der Waals surface area (Å²) in [5.74, 6) is 0.823. The van der Waals surface area contributed by atoms with E-state index in [2.05, 4.69) is 15.5 Å². The zero-order valence-electron chi connectivity index (χ0n) is 9.68. The Kier molecular flexibility index (Phi) is 3.19. The Hall–Kier alpha value is -1.75. The van der Waals surface area contributed by atoms with Crippen molar-refractivity contribution in [2.75, 3.05) is 11.1 Å². The molecule has 1 aromatic heterocycles.